The molecular formula is C14H10ClFO2. The van der Waals surface area contributed by atoms with Gasteiger partial charge in [0.25, 0.3) is 0 Å². The SMILES string of the molecule is Cc1ccc(Cl)c(Oc2ccc(C=O)cc2F)c1. The molecule has 0 aliphatic heterocycles. The third kappa shape index (κ3) is 2.68. The smallest absolute Gasteiger partial charge is 0.166 e. The largest absolute Gasteiger partial charge is 0.453 e. The fourth-order valence-electron chi connectivity index (χ4n) is 1.48. The van der Waals surface area contributed by atoms with Gasteiger partial charge in [-0.25, -0.2) is 4.39 Å². The van der Waals surface area contributed by atoms with E-state index in [1.165, 1.54) is 12.1 Å². The predicted octanol–water partition coefficient (Wildman–Crippen LogP) is 4.39. The second-order valence-corrected chi connectivity index (χ2v) is 4.25. The monoisotopic (exact) mass is 264 g/mol. The Hall–Kier alpha value is -1.87. The summed E-state index contributed by atoms with van der Waals surface area (Å²) in [5, 5.41) is 0.402. The van der Waals surface area contributed by atoms with Crippen LogP contribution in [0.3, 0.4) is 0 Å². The maximum atomic E-state index is 13.6. The van der Waals surface area contributed by atoms with Crippen molar-refractivity contribution in [2.75, 3.05) is 0 Å². The van der Waals surface area contributed by atoms with Crippen LogP contribution in [0.4, 0.5) is 4.39 Å². The lowest BCUT2D eigenvalue weighted by molar-refractivity contribution is 0.112. The maximum absolute atomic E-state index is 13.6. The van der Waals surface area contributed by atoms with E-state index in [2.05, 4.69) is 0 Å². The second kappa shape index (κ2) is 5.19. The Kier molecular flexibility index (Phi) is 3.63. The zero-order valence-electron chi connectivity index (χ0n) is 9.61. The molecule has 0 atom stereocenters. The van der Waals surface area contributed by atoms with Crippen LogP contribution in [0, 0.1) is 12.7 Å². The Bertz CT molecular complexity index is 596. The number of halogens is 2. The summed E-state index contributed by atoms with van der Waals surface area (Å²) in [4.78, 5) is 10.5. The molecule has 0 heterocycles. The zero-order chi connectivity index (χ0) is 13.1. The van der Waals surface area contributed by atoms with E-state index in [1.54, 1.807) is 12.1 Å². The van der Waals surface area contributed by atoms with Crippen LogP contribution >= 0.6 is 11.6 Å². The van der Waals surface area contributed by atoms with E-state index in [0.717, 1.165) is 11.6 Å². The molecule has 0 aliphatic carbocycles. The fraction of sp³-hybridized carbons (Fsp3) is 0.0714. The minimum atomic E-state index is -0.600. The van der Waals surface area contributed by atoms with E-state index in [0.29, 0.717) is 17.1 Å². The highest BCUT2D eigenvalue weighted by Crippen LogP contribution is 2.31. The fourth-order valence-corrected chi connectivity index (χ4v) is 1.64. The third-order valence-electron chi connectivity index (χ3n) is 2.40. The first-order valence-electron chi connectivity index (χ1n) is 5.29. The molecule has 0 bridgehead atoms. The Morgan fingerprint density at radius 2 is 1.94 bits per heavy atom. The molecule has 2 aromatic carbocycles. The van der Waals surface area contributed by atoms with Crippen LogP contribution in [-0.4, -0.2) is 6.29 Å². The summed E-state index contributed by atoms with van der Waals surface area (Å²) in [6.07, 6.45) is 0.576. The van der Waals surface area contributed by atoms with Crippen molar-refractivity contribution >= 4 is 17.9 Å². The normalized spacial score (nSPS) is 10.2. The molecule has 0 amide bonds. The minimum absolute atomic E-state index is 0.0353. The number of carbonyl (C=O) groups excluding carboxylic acids is 1. The Balaban J connectivity index is 2.34. The standard InChI is InChI=1S/C14H10ClFO2/c1-9-2-4-11(15)14(6-9)18-13-5-3-10(8-17)7-12(13)16/h2-8H,1H3. The lowest BCUT2D eigenvalue weighted by Crippen LogP contribution is -1.91. The van der Waals surface area contributed by atoms with E-state index in [4.69, 9.17) is 16.3 Å². The molecule has 0 spiro atoms. The van der Waals surface area contributed by atoms with Gasteiger partial charge >= 0.3 is 0 Å². The van der Waals surface area contributed by atoms with E-state index < -0.39 is 5.82 Å². The second-order valence-electron chi connectivity index (χ2n) is 3.84. The van der Waals surface area contributed by atoms with Gasteiger partial charge in [0.1, 0.15) is 12.0 Å². The topological polar surface area (TPSA) is 26.3 Å². The van der Waals surface area contributed by atoms with Crippen LogP contribution in [0.2, 0.25) is 5.02 Å². The molecule has 0 aliphatic rings. The molecular weight excluding hydrogens is 255 g/mol. The minimum Gasteiger partial charge on any atom is -0.453 e. The molecule has 2 rings (SSSR count). The van der Waals surface area contributed by atoms with Gasteiger partial charge in [0, 0.05) is 5.56 Å². The highest BCUT2D eigenvalue weighted by Gasteiger charge is 2.08. The summed E-state index contributed by atoms with van der Waals surface area (Å²) in [6, 6.07) is 9.24. The van der Waals surface area contributed by atoms with Crippen molar-refractivity contribution in [3.05, 3.63) is 58.4 Å². The van der Waals surface area contributed by atoms with Gasteiger partial charge in [-0.2, -0.15) is 0 Å². The number of hydrogen-bond donors (Lipinski definition) is 0. The Labute approximate surface area is 109 Å². The Morgan fingerprint density at radius 1 is 1.17 bits per heavy atom. The molecule has 0 saturated carbocycles. The lowest BCUT2D eigenvalue weighted by Gasteiger charge is -2.09. The molecule has 0 saturated heterocycles. The summed E-state index contributed by atoms with van der Waals surface area (Å²) in [5.74, 6) is -0.181. The first kappa shape index (κ1) is 12.6. The van der Waals surface area contributed by atoms with Gasteiger partial charge in [-0.3, -0.25) is 4.79 Å². The number of aryl methyl sites for hydroxylation is 1. The average molecular weight is 265 g/mol. The number of rotatable bonds is 3. The Morgan fingerprint density at radius 3 is 2.61 bits per heavy atom. The number of aldehydes is 1. The van der Waals surface area contributed by atoms with Gasteiger partial charge in [0.15, 0.2) is 11.6 Å². The van der Waals surface area contributed by atoms with Crippen molar-refractivity contribution in [2.45, 2.75) is 6.92 Å². The van der Waals surface area contributed by atoms with E-state index >= 15 is 0 Å². The van der Waals surface area contributed by atoms with Gasteiger partial charge in [0.05, 0.1) is 5.02 Å². The number of benzene rings is 2. The van der Waals surface area contributed by atoms with Gasteiger partial charge in [-0.15, -0.1) is 0 Å². The molecule has 0 N–H and O–H groups in total. The first-order valence-corrected chi connectivity index (χ1v) is 5.66. The average Bonchev–Trinajstić information content (AvgIpc) is 2.36. The van der Waals surface area contributed by atoms with Gasteiger partial charge < -0.3 is 4.74 Å². The van der Waals surface area contributed by atoms with Crippen molar-refractivity contribution < 1.29 is 13.9 Å². The molecule has 18 heavy (non-hydrogen) atoms. The highest BCUT2D eigenvalue weighted by molar-refractivity contribution is 6.32. The maximum Gasteiger partial charge on any atom is 0.166 e. The van der Waals surface area contributed by atoms with E-state index in [1.807, 2.05) is 13.0 Å². The lowest BCUT2D eigenvalue weighted by atomic mass is 10.2. The van der Waals surface area contributed by atoms with Crippen molar-refractivity contribution in [3.63, 3.8) is 0 Å². The van der Waals surface area contributed by atoms with Gasteiger partial charge in [-0.05, 0) is 42.8 Å². The molecule has 0 fully saturated rings. The molecule has 0 unspecified atom stereocenters. The summed E-state index contributed by atoms with van der Waals surface area (Å²) in [7, 11) is 0. The molecule has 4 heteroatoms. The first-order chi connectivity index (χ1) is 8.60. The summed E-state index contributed by atoms with van der Waals surface area (Å²) in [6.45, 7) is 1.88. The van der Waals surface area contributed by atoms with Gasteiger partial charge in [-0.1, -0.05) is 17.7 Å². The van der Waals surface area contributed by atoms with Crippen LogP contribution in [0.25, 0.3) is 0 Å². The van der Waals surface area contributed by atoms with Crippen molar-refractivity contribution in [3.8, 4) is 11.5 Å². The quantitative estimate of drug-likeness (QED) is 0.769. The summed E-state index contributed by atoms with van der Waals surface area (Å²) >= 11 is 5.95. The summed E-state index contributed by atoms with van der Waals surface area (Å²) < 4.78 is 19.0. The van der Waals surface area contributed by atoms with Crippen LogP contribution in [0.5, 0.6) is 11.5 Å². The van der Waals surface area contributed by atoms with Crippen molar-refractivity contribution in [1.29, 1.82) is 0 Å². The van der Waals surface area contributed by atoms with Crippen LogP contribution in [-0.2, 0) is 0 Å². The zero-order valence-corrected chi connectivity index (χ0v) is 10.4. The molecule has 0 radical (unpaired) electrons. The third-order valence-corrected chi connectivity index (χ3v) is 2.71. The van der Waals surface area contributed by atoms with Gasteiger partial charge in [0.2, 0.25) is 0 Å². The van der Waals surface area contributed by atoms with E-state index in [9.17, 15) is 9.18 Å². The van der Waals surface area contributed by atoms with Crippen LogP contribution < -0.4 is 4.74 Å². The molecule has 0 aromatic heterocycles. The predicted molar refractivity (Wildman–Crippen MR) is 68.1 cm³/mol. The van der Waals surface area contributed by atoms with Crippen molar-refractivity contribution in [1.82, 2.24) is 0 Å². The van der Waals surface area contributed by atoms with E-state index in [-0.39, 0.29) is 11.3 Å². The van der Waals surface area contributed by atoms with Crippen molar-refractivity contribution in [2.24, 2.45) is 0 Å². The number of hydrogen-bond acceptors (Lipinski definition) is 2. The number of carbonyl (C=O) groups is 1. The molecule has 2 aromatic rings. The van der Waals surface area contributed by atoms with Crippen LogP contribution in [0.1, 0.15) is 15.9 Å². The number of ether oxygens (including phenoxy) is 1. The molecule has 92 valence electrons. The summed E-state index contributed by atoms with van der Waals surface area (Å²) in [5.41, 5.74) is 1.22. The molecule has 2 nitrogen and oxygen atoms in total. The highest BCUT2D eigenvalue weighted by atomic mass is 35.5. The van der Waals surface area contributed by atoms with Crippen LogP contribution in [0.15, 0.2) is 36.4 Å².